The second-order valence-electron chi connectivity index (χ2n) is 6.24. The predicted molar refractivity (Wildman–Crippen MR) is 104 cm³/mol. The van der Waals surface area contributed by atoms with Crippen molar-refractivity contribution in [1.29, 1.82) is 0 Å². The van der Waals surface area contributed by atoms with Gasteiger partial charge in [-0.2, -0.15) is 18.2 Å². The number of hydrogen-bond acceptors (Lipinski definition) is 5. The summed E-state index contributed by atoms with van der Waals surface area (Å²) in [6.45, 7) is 1.61. The molecule has 2 N–H and O–H groups in total. The van der Waals surface area contributed by atoms with Gasteiger partial charge >= 0.3 is 6.18 Å². The predicted octanol–water partition coefficient (Wildman–Crippen LogP) is 4.94. The van der Waals surface area contributed by atoms with Crippen LogP contribution in [0.4, 0.5) is 24.8 Å². The number of thiophene rings is 1. The lowest BCUT2D eigenvalue weighted by molar-refractivity contribution is -0.145. The summed E-state index contributed by atoms with van der Waals surface area (Å²) in [5.41, 5.74) is 1.14. The van der Waals surface area contributed by atoms with Gasteiger partial charge in [-0.1, -0.05) is 17.7 Å². The highest BCUT2D eigenvalue weighted by molar-refractivity contribution is 7.10. The van der Waals surface area contributed by atoms with Gasteiger partial charge in [-0.15, -0.1) is 16.4 Å². The van der Waals surface area contributed by atoms with Gasteiger partial charge in [0.2, 0.25) is 5.95 Å². The zero-order valence-corrected chi connectivity index (χ0v) is 16.4. The molecule has 4 rings (SSSR count). The van der Waals surface area contributed by atoms with Gasteiger partial charge in [-0.3, -0.25) is 4.79 Å². The number of hydrogen-bond donors (Lipinski definition) is 2. The van der Waals surface area contributed by atoms with E-state index in [2.05, 4.69) is 20.7 Å². The molecule has 1 atom stereocenters. The smallest absolute Gasteiger partial charge is 0.328 e. The number of alkyl halides is 3. The number of nitrogens with one attached hydrogen (secondary N) is 2. The Labute approximate surface area is 172 Å². The Balaban J connectivity index is 1.76. The van der Waals surface area contributed by atoms with E-state index in [1.807, 2.05) is 0 Å². The zero-order chi connectivity index (χ0) is 20.8. The van der Waals surface area contributed by atoms with Crippen molar-refractivity contribution in [1.82, 2.24) is 14.8 Å². The Hall–Kier alpha value is -2.85. The number of carbonyl (C=O) groups is 1. The summed E-state index contributed by atoms with van der Waals surface area (Å²) in [5.74, 6) is -1.81. The van der Waals surface area contributed by atoms with Gasteiger partial charge in [0.25, 0.3) is 11.7 Å². The van der Waals surface area contributed by atoms with E-state index in [9.17, 15) is 18.0 Å². The van der Waals surface area contributed by atoms with E-state index in [0.29, 0.717) is 21.3 Å². The second kappa shape index (κ2) is 7.20. The summed E-state index contributed by atoms with van der Waals surface area (Å²) in [6, 6.07) is 9.17. The number of amides is 1. The van der Waals surface area contributed by atoms with Crippen LogP contribution in [0, 0.1) is 0 Å². The van der Waals surface area contributed by atoms with Crippen molar-refractivity contribution in [3.05, 3.63) is 68.8 Å². The van der Waals surface area contributed by atoms with E-state index in [1.165, 1.54) is 11.3 Å². The van der Waals surface area contributed by atoms with Gasteiger partial charge in [0.1, 0.15) is 6.04 Å². The number of anilines is 2. The Morgan fingerprint density at radius 3 is 2.62 bits per heavy atom. The van der Waals surface area contributed by atoms with Crippen LogP contribution >= 0.6 is 22.9 Å². The highest BCUT2D eigenvalue weighted by Gasteiger charge is 2.41. The molecule has 0 bridgehead atoms. The fourth-order valence-corrected chi connectivity index (χ4v) is 3.95. The topological polar surface area (TPSA) is 71.8 Å². The maximum atomic E-state index is 13.1. The van der Waals surface area contributed by atoms with Crippen molar-refractivity contribution in [3.8, 4) is 0 Å². The minimum Gasteiger partial charge on any atom is -0.328 e. The standard InChI is InChI=1S/C18H13ClF3N5OS/c1-9-13(15(28)24-11-6-4-10(19)5-7-11)14(12-3-2-8-29-12)27-17(23-9)25-16(26-27)18(20,21)22/h2-8,14H,1H3,(H,24,28)(H,23,25,26)/t14-/m0/s1. The molecule has 0 aliphatic carbocycles. The number of nitrogens with zero attached hydrogens (tertiary/aromatic N) is 3. The molecule has 29 heavy (non-hydrogen) atoms. The highest BCUT2D eigenvalue weighted by atomic mass is 35.5. The summed E-state index contributed by atoms with van der Waals surface area (Å²) < 4.78 is 40.5. The van der Waals surface area contributed by atoms with Crippen molar-refractivity contribution in [2.75, 3.05) is 10.6 Å². The summed E-state index contributed by atoms with van der Waals surface area (Å²) in [5, 5.41) is 11.4. The molecule has 1 aromatic carbocycles. The van der Waals surface area contributed by atoms with Crippen LogP contribution < -0.4 is 10.6 Å². The van der Waals surface area contributed by atoms with Crippen LogP contribution in [0.15, 0.2) is 53.0 Å². The maximum Gasteiger partial charge on any atom is 0.453 e. The van der Waals surface area contributed by atoms with E-state index in [-0.39, 0.29) is 11.5 Å². The van der Waals surface area contributed by atoms with Gasteiger partial charge in [0.05, 0.1) is 5.57 Å². The van der Waals surface area contributed by atoms with Gasteiger partial charge in [-0.25, -0.2) is 4.68 Å². The molecule has 1 aliphatic rings. The minimum absolute atomic E-state index is 0.0729. The van der Waals surface area contributed by atoms with E-state index < -0.39 is 23.9 Å². The monoisotopic (exact) mass is 439 g/mol. The first kappa shape index (κ1) is 19.5. The molecule has 1 amide bonds. The fourth-order valence-electron chi connectivity index (χ4n) is 3.01. The van der Waals surface area contributed by atoms with E-state index in [4.69, 9.17) is 11.6 Å². The molecule has 11 heteroatoms. The van der Waals surface area contributed by atoms with Gasteiger partial charge in [-0.05, 0) is 42.6 Å². The molecule has 0 saturated heterocycles. The number of halogens is 4. The number of allylic oxidation sites excluding steroid dienone is 1. The van der Waals surface area contributed by atoms with Crippen LogP contribution in [0.25, 0.3) is 0 Å². The summed E-state index contributed by atoms with van der Waals surface area (Å²) in [6.07, 6.45) is -4.70. The maximum absolute atomic E-state index is 13.1. The molecule has 0 fully saturated rings. The van der Waals surface area contributed by atoms with Crippen molar-refractivity contribution in [2.45, 2.75) is 19.1 Å². The van der Waals surface area contributed by atoms with Crippen LogP contribution in [0.3, 0.4) is 0 Å². The Bertz CT molecular complexity index is 1090. The molecule has 0 radical (unpaired) electrons. The fraction of sp³-hybridized carbons (Fsp3) is 0.167. The lowest BCUT2D eigenvalue weighted by Gasteiger charge is -2.27. The SMILES string of the molecule is CC1=C(C(=O)Nc2ccc(Cl)cc2)[C@H](c2cccs2)n2nc(C(F)(F)F)nc2N1. The number of aromatic nitrogens is 3. The molecule has 0 unspecified atom stereocenters. The number of rotatable bonds is 3. The summed E-state index contributed by atoms with van der Waals surface area (Å²) >= 11 is 7.18. The lowest BCUT2D eigenvalue weighted by atomic mass is 10.0. The quantitative estimate of drug-likeness (QED) is 0.606. The molecule has 3 aromatic rings. The third-order valence-corrected chi connectivity index (χ3v) is 5.44. The third-order valence-electron chi connectivity index (χ3n) is 4.27. The van der Waals surface area contributed by atoms with Gasteiger partial charge in [0, 0.05) is 21.3 Å². The molecule has 150 valence electrons. The van der Waals surface area contributed by atoms with Crippen LogP contribution in [0.5, 0.6) is 0 Å². The highest BCUT2D eigenvalue weighted by Crippen LogP contribution is 2.39. The van der Waals surface area contributed by atoms with E-state index in [0.717, 1.165) is 4.68 Å². The molecular weight excluding hydrogens is 427 g/mol. The van der Waals surface area contributed by atoms with Crippen molar-refractivity contribution < 1.29 is 18.0 Å². The molecular formula is C18H13ClF3N5OS. The van der Waals surface area contributed by atoms with Gasteiger partial charge < -0.3 is 10.6 Å². The van der Waals surface area contributed by atoms with Crippen LogP contribution in [0.2, 0.25) is 5.02 Å². The van der Waals surface area contributed by atoms with Crippen LogP contribution in [0.1, 0.15) is 23.7 Å². The minimum atomic E-state index is -4.70. The molecule has 0 spiro atoms. The van der Waals surface area contributed by atoms with E-state index >= 15 is 0 Å². The number of carbonyl (C=O) groups excluding carboxylic acids is 1. The van der Waals surface area contributed by atoms with Crippen molar-refractivity contribution in [3.63, 3.8) is 0 Å². The largest absolute Gasteiger partial charge is 0.453 e. The summed E-state index contributed by atoms with van der Waals surface area (Å²) in [4.78, 5) is 17.3. The third kappa shape index (κ3) is 3.73. The number of fused-ring (bicyclic) bond motifs is 1. The first-order valence-electron chi connectivity index (χ1n) is 8.36. The Morgan fingerprint density at radius 1 is 1.28 bits per heavy atom. The lowest BCUT2D eigenvalue weighted by Crippen LogP contribution is -2.31. The average molecular weight is 440 g/mol. The molecule has 0 saturated carbocycles. The second-order valence-corrected chi connectivity index (χ2v) is 7.66. The number of benzene rings is 1. The Morgan fingerprint density at radius 2 is 2.00 bits per heavy atom. The molecule has 3 heterocycles. The average Bonchev–Trinajstić information content (AvgIpc) is 3.31. The van der Waals surface area contributed by atoms with Crippen LogP contribution in [-0.2, 0) is 11.0 Å². The van der Waals surface area contributed by atoms with E-state index in [1.54, 1.807) is 48.7 Å². The van der Waals surface area contributed by atoms with Crippen molar-refractivity contribution in [2.24, 2.45) is 0 Å². The van der Waals surface area contributed by atoms with Gasteiger partial charge in [0.15, 0.2) is 0 Å². The first-order chi connectivity index (χ1) is 13.7. The summed E-state index contributed by atoms with van der Waals surface area (Å²) in [7, 11) is 0. The Kier molecular flexibility index (Phi) is 4.83. The zero-order valence-electron chi connectivity index (χ0n) is 14.8. The molecule has 2 aromatic heterocycles. The molecule has 6 nitrogen and oxygen atoms in total. The van der Waals surface area contributed by atoms with Crippen LogP contribution in [-0.4, -0.2) is 20.7 Å². The van der Waals surface area contributed by atoms with Crippen molar-refractivity contribution >= 4 is 40.5 Å². The first-order valence-corrected chi connectivity index (χ1v) is 9.61. The normalized spacial score (nSPS) is 16.4. The molecule has 1 aliphatic heterocycles.